The van der Waals surface area contributed by atoms with Crippen LogP contribution in [0.1, 0.15) is 19.3 Å². The molecule has 1 aliphatic carbocycles. The van der Waals surface area contributed by atoms with E-state index in [-0.39, 0.29) is 0 Å². The molecule has 1 heterocycles. The lowest BCUT2D eigenvalue weighted by molar-refractivity contribution is 0.758. The summed E-state index contributed by atoms with van der Waals surface area (Å²) in [4.78, 5) is 0. The molecule has 0 aliphatic heterocycles. The number of hydrogen-bond acceptors (Lipinski definition) is 4. The first-order valence-corrected chi connectivity index (χ1v) is 6.26. The molecule has 0 bridgehead atoms. The highest BCUT2D eigenvalue weighted by molar-refractivity contribution is 7.99. The van der Waals surface area contributed by atoms with Gasteiger partial charge < -0.3 is 5.32 Å². The zero-order chi connectivity index (χ0) is 9.80. The Morgan fingerprint density at radius 1 is 1.50 bits per heavy atom. The van der Waals surface area contributed by atoms with Crippen LogP contribution in [-0.4, -0.2) is 27.7 Å². The van der Waals surface area contributed by atoms with Gasteiger partial charge >= 0.3 is 0 Å². The van der Waals surface area contributed by atoms with Gasteiger partial charge in [-0.15, -0.1) is 5.10 Å². The average Bonchev–Trinajstić information content (AvgIpc) is 2.67. The zero-order valence-electron chi connectivity index (χ0n) is 8.31. The molecular weight excluding hydrogens is 194 g/mol. The lowest BCUT2D eigenvalue weighted by Crippen LogP contribution is -2.26. The third-order valence-corrected chi connectivity index (χ3v) is 3.83. The number of hydrogen-bond donors (Lipinski definition) is 1. The van der Waals surface area contributed by atoms with Gasteiger partial charge in [-0.25, -0.2) is 0 Å². The van der Waals surface area contributed by atoms with Gasteiger partial charge in [0.15, 0.2) is 0 Å². The Labute approximate surface area is 88.7 Å². The van der Waals surface area contributed by atoms with E-state index in [2.05, 4.69) is 21.8 Å². The molecule has 1 aromatic rings. The van der Waals surface area contributed by atoms with Crippen molar-refractivity contribution < 1.29 is 0 Å². The monoisotopic (exact) mass is 209 g/mol. The van der Waals surface area contributed by atoms with E-state index >= 15 is 0 Å². The Morgan fingerprint density at radius 3 is 3.14 bits per heavy atom. The Morgan fingerprint density at radius 2 is 2.43 bits per heavy atom. The Balaban J connectivity index is 1.97. The van der Waals surface area contributed by atoms with Crippen LogP contribution in [0.4, 0.5) is 5.82 Å². The number of nitrogens with zero attached hydrogens (tertiary/aromatic N) is 2. The summed E-state index contributed by atoms with van der Waals surface area (Å²) in [7, 11) is 0. The number of anilines is 1. The van der Waals surface area contributed by atoms with Crippen molar-refractivity contribution in [1.82, 2.24) is 10.2 Å². The third kappa shape index (κ3) is 2.18. The first-order chi connectivity index (χ1) is 6.90. The molecule has 1 saturated carbocycles. The lowest BCUT2D eigenvalue weighted by atomic mass is 10.2. The van der Waals surface area contributed by atoms with Crippen molar-refractivity contribution in [2.24, 2.45) is 0 Å². The highest BCUT2D eigenvalue weighted by Crippen LogP contribution is 2.30. The van der Waals surface area contributed by atoms with Crippen LogP contribution in [0, 0.1) is 0 Å². The number of aromatic nitrogens is 2. The van der Waals surface area contributed by atoms with E-state index in [9.17, 15) is 0 Å². The summed E-state index contributed by atoms with van der Waals surface area (Å²) in [5.74, 6) is 0.901. The molecule has 0 saturated heterocycles. The van der Waals surface area contributed by atoms with Gasteiger partial charge in [-0.05, 0) is 31.2 Å². The largest absolute Gasteiger partial charge is 0.365 e. The van der Waals surface area contributed by atoms with Crippen molar-refractivity contribution in [3.05, 3.63) is 18.3 Å². The van der Waals surface area contributed by atoms with Crippen molar-refractivity contribution in [3.63, 3.8) is 0 Å². The zero-order valence-corrected chi connectivity index (χ0v) is 9.13. The Hall–Kier alpha value is -0.770. The summed E-state index contributed by atoms with van der Waals surface area (Å²) in [5, 5.41) is 12.1. The van der Waals surface area contributed by atoms with Gasteiger partial charge in [-0.3, -0.25) is 0 Å². The van der Waals surface area contributed by atoms with Crippen LogP contribution in [0.3, 0.4) is 0 Å². The predicted octanol–water partition coefficient (Wildman–Crippen LogP) is 2.17. The summed E-state index contributed by atoms with van der Waals surface area (Å²) in [6, 6.07) is 4.46. The van der Waals surface area contributed by atoms with E-state index in [0.29, 0.717) is 6.04 Å². The molecule has 3 nitrogen and oxygen atoms in total. The quantitative estimate of drug-likeness (QED) is 0.828. The molecule has 1 N–H and O–H groups in total. The highest BCUT2D eigenvalue weighted by Gasteiger charge is 2.26. The van der Waals surface area contributed by atoms with E-state index in [0.717, 1.165) is 11.1 Å². The molecule has 2 unspecified atom stereocenters. The van der Waals surface area contributed by atoms with Crippen LogP contribution in [0.25, 0.3) is 0 Å². The van der Waals surface area contributed by atoms with Crippen molar-refractivity contribution >= 4 is 17.6 Å². The standard InChI is InChI=1S/C10H15N3S/c1-14-9-5-2-4-8(9)12-10-6-3-7-11-13-10/h3,6-9H,2,4-5H2,1H3,(H,12,13). The fourth-order valence-corrected chi connectivity index (χ4v) is 2.88. The van der Waals surface area contributed by atoms with Crippen LogP contribution >= 0.6 is 11.8 Å². The number of thioether (sulfide) groups is 1. The summed E-state index contributed by atoms with van der Waals surface area (Å²) in [6.45, 7) is 0. The van der Waals surface area contributed by atoms with Crippen molar-refractivity contribution in [1.29, 1.82) is 0 Å². The fourth-order valence-electron chi connectivity index (χ4n) is 1.94. The van der Waals surface area contributed by atoms with E-state index in [1.54, 1.807) is 6.20 Å². The second-order valence-corrected chi connectivity index (χ2v) is 4.64. The van der Waals surface area contributed by atoms with Gasteiger partial charge in [-0.2, -0.15) is 16.9 Å². The van der Waals surface area contributed by atoms with Crippen LogP contribution in [0.15, 0.2) is 18.3 Å². The van der Waals surface area contributed by atoms with Gasteiger partial charge in [0, 0.05) is 17.5 Å². The smallest absolute Gasteiger partial charge is 0.148 e. The number of nitrogens with one attached hydrogen (secondary N) is 1. The summed E-state index contributed by atoms with van der Waals surface area (Å²) in [6.07, 6.45) is 7.78. The molecule has 0 radical (unpaired) electrons. The molecule has 2 rings (SSSR count). The maximum absolute atomic E-state index is 4.04. The topological polar surface area (TPSA) is 37.8 Å². The Bertz CT molecular complexity index is 278. The summed E-state index contributed by atoms with van der Waals surface area (Å²) < 4.78 is 0. The van der Waals surface area contributed by atoms with Gasteiger partial charge in [0.2, 0.25) is 0 Å². The SMILES string of the molecule is CSC1CCCC1Nc1cccnn1. The summed E-state index contributed by atoms with van der Waals surface area (Å²) >= 11 is 1.95. The fraction of sp³-hybridized carbons (Fsp3) is 0.600. The maximum Gasteiger partial charge on any atom is 0.148 e. The van der Waals surface area contributed by atoms with E-state index in [4.69, 9.17) is 0 Å². The molecule has 1 aromatic heterocycles. The second-order valence-electron chi connectivity index (χ2n) is 3.56. The molecule has 1 aliphatic rings. The lowest BCUT2D eigenvalue weighted by Gasteiger charge is -2.19. The molecular formula is C10H15N3S. The van der Waals surface area contributed by atoms with Crippen LogP contribution in [-0.2, 0) is 0 Å². The number of rotatable bonds is 3. The van der Waals surface area contributed by atoms with E-state index in [1.807, 2.05) is 23.9 Å². The minimum absolute atomic E-state index is 0.571. The predicted molar refractivity (Wildman–Crippen MR) is 60.6 cm³/mol. The van der Waals surface area contributed by atoms with Crippen molar-refractivity contribution in [2.75, 3.05) is 11.6 Å². The first kappa shape index (κ1) is 9.77. The van der Waals surface area contributed by atoms with Crippen LogP contribution in [0.5, 0.6) is 0 Å². The van der Waals surface area contributed by atoms with E-state index in [1.165, 1.54) is 19.3 Å². The minimum atomic E-state index is 0.571. The third-order valence-electron chi connectivity index (χ3n) is 2.66. The average molecular weight is 209 g/mol. The van der Waals surface area contributed by atoms with Crippen LogP contribution in [0.2, 0.25) is 0 Å². The molecule has 1 fully saturated rings. The first-order valence-electron chi connectivity index (χ1n) is 4.97. The highest BCUT2D eigenvalue weighted by atomic mass is 32.2. The second kappa shape index (κ2) is 4.64. The van der Waals surface area contributed by atoms with Gasteiger partial charge in [0.1, 0.15) is 5.82 Å². The maximum atomic E-state index is 4.04. The molecule has 76 valence electrons. The van der Waals surface area contributed by atoms with Crippen LogP contribution < -0.4 is 5.32 Å². The Kier molecular flexibility index (Phi) is 3.24. The van der Waals surface area contributed by atoms with Gasteiger partial charge in [0.25, 0.3) is 0 Å². The van der Waals surface area contributed by atoms with Crippen molar-refractivity contribution in [3.8, 4) is 0 Å². The molecule has 2 atom stereocenters. The molecule has 14 heavy (non-hydrogen) atoms. The van der Waals surface area contributed by atoms with Crippen molar-refractivity contribution in [2.45, 2.75) is 30.6 Å². The minimum Gasteiger partial charge on any atom is -0.365 e. The van der Waals surface area contributed by atoms with E-state index < -0.39 is 0 Å². The molecule has 4 heteroatoms. The molecule has 0 aromatic carbocycles. The van der Waals surface area contributed by atoms with Gasteiger partial charge in [-0.1, -0.05) is 6.42 Å². The summed E-state index contributed by atoms with van der Waals surface area (Å²) in [5.41, 5.74) is 0. The van der Waals surface area contributed by atoms with Gasteiger partial charge in [0.05, 0.1) is 0 Å². The normalized spacial score (nSPS) is 26.4. The molecule has 0 amide bonds. The molecule has 0 spiro atoms.